The van der Waals surface area contributed by atoms with E-state index < -0.39 is 11.7 Å². The van der Waals surface area contributed by atoms with Crippen LogP contribution in [0.5, 0.6) is 0 Å². The lowest BCUT2D eigenvalue weighted by Crippen LogP contribution is -2.40. The average Bonchev–Trinajstić information content (AvgIpc) is 3.81. The molecule has 4 aromatic rings. The Kier molecular flexibility index (Phi) is 7.38. The fourth-order valence-electron chi connectivity index (χ4n) is 7.17. The molecule has 0 radical (unpaired) electrons. The highest BCUT2D eigenvalue weighted by Gasteiger charge is 2.35. The van der Waals surface area contributed by atoms with Crippen LogP contribution in [0.25, 0.3) is 33.6 Å². The Balaban J connectivity index is 1.07. The Morgan fingerprint density at radius 3 is 2.51 bits per heavy atom. The van der Waals surface area contributed by atoms with E-state index in [0.717, 1.165) is 78.8 Å². The lowest BCUT2D eigenvalue weighted by Gasteiger charge is -2.24. The molecule has 10 heteroatoms. The van der Waals surface area contributed by atoms with E-state index in [1.165, 1.54) is 21.7 Å². The maximum Gasteiger partial charge on any atom is 0.407 e. The summed E-state index contributed by atoms with van der Waals surface area (Å²) in [6.45, 7) is 6.18. The highest BCUT2D eigenvalue weighted by molar-refractivity contribution is 5.76. The number of nitrogens with zero attached hydrogens (tertiary/aromatic N) is 3. The normalized spacial score (nSPS) is 21.0. The van der Waals surface area contributed by atoms with Gasteiger partial charge in [0.15, 0.2) is 0 Å². The minimum absolute atomic E-state index is 0.00719. The summed E-state index contributed by atoms with van der Waals surface area (Å²) in [5.74, 6) is 1.80. The quantitative estimate of drug-likeness (QED) is 0.189. The number of fused-ring (bicyclic) bond motifs is 3. The number of carbonyl (C=O) groups is 2. The van der Waals surface area contributed by atoms with Gasteiger partial charge >= 0.3 is 12.2 Å². The Bertz CT molecular complexity index is 1730. The Labute approximate surface area is 262 Å². The van der Waals surface area contributed by atoms with Crippen LogP contribution in [0, 0.1) is 0 Å². The van der Waals surface area contributed by atoms with Gasteiger partial charge in [0.25, 0.3) is 0 Å². The molecule has 3 atom stereocenters. The van der Waals surface area contributed by atoms with Crippen molar-refractivity contribution in [3.05, 3.63) is 71.6 Å². The van der Waals surface area contributed by atoms with Crippen LogP contribution in [0.3, 0.4) is 0 Å². The number of H-pyrrole nitrogens is 2. The highest BCUT2D eigenvalue weighted by Crippen LogP contribution is 2.39. The van der Waals surface area contributed by atoms with Crippen molar-refractivity contribution in [1.29, 1.82) is 0 Å². The number of nitrogens with one attached hydrogen (secondary N) is 3. The van der Waals surface area contributed by atoms with Gasteiger partial charge in [0.2, 0.25) is 0 Å². The maximum absolute atomic E-state index is 12.5. The molecule has 1 aliphatic heterocycles. The van der Waals surface area contributed by atoms with Gasteiger partial charge in [-0.25, -0.2) is 19.6 Å². The lowest BCUT2D eigenvalue weighted by molar-refractivity contribution is 0.0500. The topological polar surface area (TPSA) is 136 Å². The molecule has 2 aromatic carbocycles. The molecule has 10 nitrogen and oxygen atoms in total. The minimum Gasteiger partial charge on any atom is -0.465 e. The van der Waals surface area contributed by atoms with Crippen LogP contribution in [0.1, 0.15) is 87.7 Å². The number of alkyl carbamates (subject to hydrolysis) is 1. The summed E-state index contributed by atoms with van der Waals surface area (Å²) in [6.07, 6.45) is 6.93. The number of rotatable bonds is 5. The van der Waals surface area contributed by atoms with Gasteiger partial charge in [0.05, 0.1) is 23.6 Å². The molecule has 4 N–H and O–H groups in total. The van der Waals surface area contributed by atoms with Gasteiger partial charge in [-0.15, -0.1) is 0 Å². The first-order valence-corrected chi connectivity index (χ1v) is 16.0. The second-order valence-corrected chi connectivity index (χ2v) is 13.5. The molecule has 7 rings (SSSR count). The number of aromatic nitrogens is 4. The largest absolute Gasteiger partial charge is 0.465 e. The second-order valence-electron chi connectivity index (χ2n) is 13.5. The monoisotopic (exact) mass is 608 g/mol. The predicted molar refractivity (Wildman–Crippen MR) is 171 cm³/mol. The second kappa shape index (κ2) is 11.4. The summed E-state index contributed by atoms with van der Waals surface area (Å²) < 4.78 is 5.51. The SMILES string of the molecule is CC(C)(C)OC(=O)N[C@H]1CCC[C@H]1c1nc2c([nH]1)CCc1cc(-c3ccc(-c4cnc(C5CCCN5C(=O)O)[nH]4)cc3)ccc1-2. The van der Waals surface area contributed by atoms with E-state index >= 15 is 0 Å². The smallest absolute Gasteiger partial charge is 0.407 e. The first kappa shape index (κ1) is 29.1. The average molecular weight is 609 g/mol. The molecular formula is C35H40N6O4. The van der Waals surface area contributed by atoms with Crippen LogP contribution in [0.2, 0.25) is 0 Å². The molecule has 2 aliphatic carbocycles. The van der Waals surface area contributed by atoms with Crippen molar-refractivity contribution in [2.45, 2.75) is 89.3 Å². The van der Waals surface area contributed by atoms with Gasteiger partial charge in [-0.1, -0.05) is 48.9 Å². The van der Waals surface area contributed by atoms with Gasteiger partial charge in [0, 0.05) is 29.8 Å². The fourth-order valence-corrected chi connectivity index (χ4v) is 7.17. The fraction of sp³-hybridized carbons (Fsp3) is 0.429. The van der Waals surface area contributed by atoms with Crippen molar-refractivity contribution in [2.75, 3.05) is 6.54 Å². The van der Waals surface area contributed by atoms with E-state index in [2.05, 4.69) is 62.7 Å². The van der Waals surface area contributed by atoms with E-state index in [0.29, 0.717) is 12.4 Å². The van der Waals surface area contributed by atoms with Crippen molar-refractivity contribution in [1.82, 2.24) is 30.2 Å². The number of hydrogen-bond acceptors (Lipinski definition) is 5. The molecule has 1 saturated carbocycles. The maximum atomic E-state index is 12.5. The first-order valence-electron chi connectivity index (χ1n) is 16.0. The number of aryl methyl sites for hydroxylation is 2. The number of ether oxygens (including phenoxy) is 1. The van der Waals surface area contributed by atoms with Crippen LogP contribution < -0.4 is 5.32 Å². The molecule has 2 aromatic heterocycles. The third-order valence-electron chi connectivity index (χ3n) is 9.31. The molecule has 3 heterocycles. The molecule has 2 amide bonds. The Morgan fingerprint density at radius 1 is 0.956 bits per heavy atom. The summed E-state index contributed by atoms with van der Waals surface area (Å²) in [5.41, 5.74) is 8.29. The number of likely N-dealkylation sites (tertiary alicyclic amines) is 1. The number of carbonyl (C=O) groups excluding carboxylic acids is 1. The van der Waals surface area contributed by atoms with Gasteiger partial charge in [-0.2, -0.15) is 0 Å². The molecule has 1 saturated heterocycles. The lowest BCUT2D eigenvalue weighted by atomic mass is 9.89. The van der Waals surface area contributed by atoms with E-state index in [9.17, 15) is 14.7 Å². The molecule has 0 bridgehead atoms. The first-order chi connectivity index (χ1) is 21.6. The van der Waals surface area contributed by atoms with Gasteiger partial charge in [-0.05, 0) is 81.5 Å². The van der Waals surface area contributed by atoms with Gasteiger partial charge in [0.1, 0.15) is 17.2 Å². The van der Waals surface area contributed by atoms with Crippen LogP contribution >= 0.6 is 0 Å². The van der Waals surface area contributed by atoms with Crippen LogP contribution in [0.15, 0.2) is 48.7 Å². The van der Waals surface area contributed by atoms with Crippen LogP contribution in [0.4, 0.5) is 9.59 Å². The molecule has 234 valence electrons. The Morgan fingerprint density at radius 2 is 1.73 bits per heavy atom. The molecule has 0 spiro atoms. The third-order valence-corrected chi connectivity index (χ3v) is 9.31. The number of amides is 2. The summed E-state index contributed by atoms with van der Waals surface area (Å²) in [4.78, 5) is 42.1. The summed E-state index contributed by atoms with van der Waals surface area (Å²) in [6, 6.07) is 14.8. The zero-order chi connectivity index (χ0) is 31.3. The number of hydrogen-bond donors (Lipinski definition) is 4. The van der Waals surface area contributed by atoms with Crippen LogP contribution in [-0.4, -0.2) is 60.3 Å². The van der Waals surface area contributed by atoms with E-state index in [1.807, 2.05) is 20.8 Å². The standard InChI is InChI=1S/C35H40N6O4/c1-35(2,3)45-33(42)39-26-7-4-6-25(26)31-37-27-16-14-23-18-22(13-15-24(23)30(27)40-31)20-9-11-21(12-10-20)28-19-36-32(38-28)29-8-5-17-41(29)34(43)44/h9-13,15,18-19,25-26,29H,4-8,14,16-17H2,1-3H3,(H,36,38)(H,37,40)(H,39,42)(H,43,44)/t25-,26+,29?/m1/s1. The molecule has 1 unspecified atom stereocenters. The van der Waals surface area contributed by atoms with Crippen molar-refractivity contribution in [3.63, 3.8) is 0 Å². The highest BCUT2D eigenvalue weighted by atomic mass is 16.6. The minimum atomic E-state index is -0.899. The predicted octanol–water partition coefficient (Wildman–Crippen LogP) is 7.21. The van der Waals surface area contributed by atoms with Crippen molar-refractivity contribution < 1.29 is 19.4 Å². The van der Waals surface area contributed by atoms with Crippen LogP contribution in [-0.2, 0) is 17.6 Å². The number of imidazole rings is 2. The summed E-state index contributed by atoms with van der Waals surface area (Å²) in [5, 5.41) is 12.6. The zero-order valence-corrected chi connectivity index (χ0v) is 26.0. The third kappa shape index (κ3) is 5.81. The van der Waals surface area contributed by atoms with E-state index in [1.54, 1.807) is 6.20 Å². The molecule has 3 aliphatic rings. The molecule has 2 fully saturated rings. The van der Waals surface area contributed by atoms with Gasteiger partial charge < -0.3 is 25.1 Å². The molecular weight excluding hydrogens is 568 g/mol. The van der Waals surface area contributed by atoms with Crippen molar-refractivity contribution in [2.24, 2.45) is 0 Å². The van der Waals surface area contributed by atoms with E-state index in [-0.39, 0.29) is 24.1 Å². The van der Waals surface area contributed by atoms with Crippen molar-refractivity contribution >= 4 is 12.2 Å². The van der Waals surface area contributed by atoms with E-state index in [4.69, 9.17) is 9.72 Å². The van der Waals surface area contributed by atoms with Gasteiger partial charge in [-0.3, -0.25) is 4.90 Å². The zero-order valence-electron chi connectivity index (χ0n) is 26.0. The number of carboxylic acid groups (broad SMARTS) is 1. The summed E-state index contributed by atoms with van der Waals surface area (Å²) in [7, 11) is 0. The Hall–Kier alpha value is -4.60. The molecule has 45 heavy (non-hydrogen) atoms. The summed E-state index contributed by atoms with van der Waals surface area (Å²) >= 11 is 0. The van der Waals surface area contributed by atoms with Crippen molar-refractivity contribution in [3.8, 4) is 33.6 Å². The number of aromatic amines is 2. The number of benzene rings is 2.